The fraction of sp³-hybridized carbons (Fsp3) is 0.316. The molecule has 0 radical (unpaired) electrons. The number of ether oxygens (including phenoxy) is 2. The van der Waals surface area contributed by atoms with Crippen LogP contribution in [0.3, 0.4) is 0 Å². The minimum Gasteiger partial charge on any atom is -0.497 e. The van der Waals surface area contributed by atoms with Crippen LogP contribution in [0.5, 0.6) is 11.5 Å². The molecule has 2 N–H and O–H groups in total. The molecule has 0 spiro atoms. The minimum atomic E-state index is 0.0123. The van der Waals surface area contributed by atoms with Crippen LogP contribution in [0, 0.1) is 6.92 Å². The van der Waals surface area contributed by atoms with Crippen molar-refractivity contribution < 1.29 is 14.3 Å². The van der Waals surface area contributed by atoms with Gasteiger partial charge >= 0.3 is 0 Å². The van der Waals surface area contributed by atoms with Gasteiger partial charge in [0.2, 0.25) is 5.91 Å². The summed E-state index contributed by atoms with van der Waals surface area (Å²) in [4.78, 5) is 12.0. The SMILES string of the molecule is COc1ccc(NCCC(=O)NCc2ccccc2C)c(OC)c1. The number of anilines is 1. The first-order valence-corrected chi connectivity index (χ1v) is 7.91. The van der Waals surface area contributed by atoms with E-state index in [4.69, 9.17) is 9.47 Å². The smallest absolute Gasteiger partial charge is 0.222 e. The first kappa shape index (κ1) is 17.7. The Morgan fingerprint density at radius 3 is 2.58 bits per heavy atom. The second-order valence-electron chi connectivity index (χ2n) is 5.45. The number of aryl methyl sites for hydroxylation is 1. The molecule has 0 aliphatic carbocycles. The molecular weight excluding hydrogens is 304 g/mol. The number of benzene rings is 2. The average Bonchev–Trinajstić information content (AvgIpc) is 2.61. The van der Waals surface area contributed by atoms with Gasteiger partial charge in [0.15, 0.2) is 0 Å². The van der Waals surface area contributed by atoms with Gasteiger partial charge in [0.1, 0.15) is 11.5 Å². The summed E-state index contributed by atoms with van der Waals surface area (Å²) in [5, 5.41) is 6.16. The summed E-state index contributed by atoms with van der Waals surface area (Å²) in [5.74, 6) is 1.43. The van der Waals surface area contributed by atoms with Crippen LogP contribution in [-0.4, -0.2) is 26.7 Å². The second-order valence-corrected chi connectivity index (χ2v) is 5.45. The summed E-state index contributed by atoms with van der Waals surface area (Å²) >= 11 is 0. The standard InChI is InChI=1S/C19H24N2O3/c1-14-6-4-5-7-15(14)13-21-19(22)10-11-20-17-9-8-16(23-2)12-18(17)24-3/h4-9,12,20H,10-11,13H2,1-3H3,(H,21,22). The van der Waals surface area contributed by atoms with Gasteiger partial charge in [-0.1, -0.05) is 24.3 Å². The van der Waals surface area contributed by atoms with Crippen LogP contribution in [-0.2, 0) is 11.3 Å². The molecule has 0 heterocycles. The lowest BCUT2D eigenvalue weighted by Gasteiger charge is -2.12. The summed E-state index contributed by atoms with van der Waals surface area (Å²) in [7, 11) is 3.22. The molecule has 0 bridgehead atoms. The van der Waals surface area contributed by atoms with Crippen LogP contribution in [0.15, 0.2) is 42.5 Å². The largest absolute Gasteiger partial charge is 0.497 e. The summed E-state index contributed by atoms with van der Waals surface area (Å²) in [6.45, 7) is 3.12. The highest BCUT2D eigenvalue weighted by atomic mass is 16.5. The number of hydrogen-bond acceptors (Lipinski definition) is 4. The molecule has 5 nitrogen and oxygen atoms in total. The summed E-state index contributed by atoms with van der Waals surface area (Å²) in [6, 6.07) is 13.6. The van der Waals surface area contributed by atoms with Crippen molar-refractivity contribution in [3.8, 4) is 11.5 Å². The third-order valence-electron chi connectivity index (χ3n) is 3.81. The van der Waals surface area contributed by atoms with Crippen LogP contribution >= 0.6 is 0 Å². The van der Waals surface area contributed by atoms with E-state index in [1.807, 2.05) is 43.3 Å². The van der Waals surface area contributed by atoms with Crippen LogP contribution in [0.1, 0.15) is 17.5 Å². The van der Waals surface area contributed by atoms with Gasteiger partial charge in [0.05, 0.1) is 19.9 Å². The van der Waals surface area contributed by atoms with E-state index in [9.17, 15) is 4.79 Å². The van der Waals surface area contributed by atoms with Gasteiger partial charge in [0, 0.05) is 25.6 Å². The Hall–Kier alpha value is -2.69. The third-order valence-corrected chi connectivity index (χ3v) is 3.81. The van der Waals surface area contributed by atoms with Crippen molar-refractivity contribution in [2.24, 2.45) is 0 Å². The van der Waals surface area contributed by atoms with Gasteiger partial charge < -0.3 is 20.1 Å². The Bertz CT molecular complexity index is 686. The van der Waals surface area contributed by atoms with E-state index in [1.165, 1.54) is 5.56 Å². The van der Waals surface area contributed by atoms with Gasteiger partial charge in [-0.15, -0.1) is 0 Å². The van der Waals surface area contributed by atoms with Crippen LogP contribution in [0.2, 0.25) is 0 Å². The van der Waals surface area contributed by atoms with E-state index in [0.717, 1.165) is 17.0 Å². The van der Waals surface area contributed by atoms with E-state index in [0.29, 0.717) is 25.3 Å². The highest BCUT2D eigenvalue weighted by molar-refractivity contribution is 5.76. The Balaban J connectivity index is 1.79. The summed E-state index contributed by atoms with van der Waals surface area (Å²) in [6.07, 6.45) is 0.390. The van der Waals surface area contributed by atoms with E-state index in [-0.39, 0.29) is 5.91 Å². The number of nitrogens with one attached hydrogen (secondary N) is 2. The van der Waals surface area contributed by atoms with Crippen molar-refractivity contribution in [2.45, 2.75) is 19.9 Å². The lowest BCUT2D eigenvalue weighted by Crippen LogP contribution is -2.25. The van der Waals surface area contributed by atoms with Crippen molar-refractivity contribution >= 4 is 11.6 Å². The quantitative estimate of drug-likeness (QED) is 0.781. The molecule has 0 unspecified atom stereocenters. The summed E-state index contributed by atoms with van der Waals surface area (Å²) in [5.41, 5.74) is 3.15. The predicted octanol–water partition coefficient (Wildman–Crippen LogP) is 3.13. The molecule has 0 saturated heterocycles. The van der Waals surface area contributed by atoms with Crippen molar-refractivity contribution in [1.29, 1.82) is 0 Å². The molecule has 2 rings (SSSR count). The lowest BCUT2D eigenvalue weighted by atomic mass is 10.1. The monoisotopic (exact) mass is 328 g/mol. The number of methoxy groups -OCH3 is 2. The van der Waals surface area contributed by atoms with Gasteiger partial charge in [0.25, 0.3) is 0 Å². The zero-order valence-electron chi connectivity index (χ0n) is 14.4. The molecule has 2 aromatic carbocycles. The van der Waals surface area contributed by atoms with Crippen LogP contribution in [0.4, 0.5) is 5.69 Å². The molecule has 0 aliphatic rings. The molecular formula is C19H24N2O3. The number of amides is 1. The average molecular weight is 328 g/mol. The number of carbonyl (C=O) groups is 1. The summed E-state index contributed by atoms with van der Waals surface area (Å²) < 4.78 is 10.5. The van der Waals surface area contributed by atoms with Crippen molar-refractivity contribution in [3.63, 3.8) is 0 Å². The van der Waals surface area contributed by atoms with Gasteiger partial charge in [-0.2, -0.15) is 0 Å². The molecule has 128 valence electrons. The normalized spacial score (nSPS) is 10.1. The zero-order chi connectivity index (χ0) is 17.4. The fourth-order valence-corrected chi connectivity index (χ4v) is 2.35. The highest BCUT2D eigenvalue weighted by Gasteiger charge is 2.06. The number of carbonyl (C=O) groups excluding carboxylic acids is 1. The molecule has 1 amide bonds. The van der Waals surface area contributed by atoms with Crippen LogP contribution in [0.25, 0.3) is 0 Å². The predicted molar refractivity (Wildman–Crippen MR) is 95.7 cm³/mol. The maximum Gasteiger partial charge on any atom is 0.222 e. The van der Waals surface area contributed by atoms with Gasteiger partial charge in [-0.25, -0.2) is 0 Å². The molecule has 24 heavy (non-hydrogen) atoms. The molecule has 0 saturated carbocycles. The zero-order valence-corrected chi connectivity index (χ0v) is 14.4. The topological polar surface area (TPSA) is 59.6 Å². The molecule has 0 fully saturated rings. The van der Waals surface area contributed by atoms with Crippen molar-refractivity contribution in [3.05, 3.63) is 53.6 Å². The molecule has 2 aromatic rings. The first-order chi connectivity index (χ1) is 11.6. The first-order valence-electron chi connectivity index (χ1n) is 7.91. The number of hydrogen-bond donors (Lipinski definition) is 2. The van der Waals surface area contributed by atoms with Crippen molar-refractivity contribution in [2.75, 3.05) is 26.1 Å². The van der Waals surface area contributed by atoms with E-state index < -0.39 is 0 Å². The Labute approximate surface area is 143 Å². The maximum atomic E-state index is 12.0. The fourth-order valence-electron chi connectivity index (χ4n) is 2.35. The van der Waals surface area contributed by atoms with Gasteiger partial charge in [-0.05, 0) is 30.2 Å². The maximum absolute atomic E-state index is 12.0. The Kier molecular flexibility index (Phi) is 6.49. The lowest BCUT2D eigenvalue weighted by molar-refractivity contribution is -0.121. The van der Waals surface area contributed by atoms with Crippen molar-refractivity contribution in [1.82, 2.24) is 5.32 Å². The third kappa shape index (κ3) is 4.91. The van der Waals surface area contributed by atoms with Crippen LogP contribution < -0.4 is 20.1 Å². The van der Waals surface area contributed by atoms with E-state index in [2.05, 4.69) is 10.6 Å². The van der Waals surface area contributed by atoms with E-state index >= 15 is 0 Å². The minimum absolute atomic E-state index is 0.0123. The van der Waals surface area contributed by atoms with E-state index in [1.54, 1.807) is 20.3 Å². The second kappa shape index (κ2) is 8.82. The number of rotatable bonds is 8. The van der Waals surface area contributed by atoms with Gasteiger partial charge in [-0.3, -0.25) is 4.79 Å². The highest BCUT2D eigenvalue weighted by Crippen LogP contribution is 2.28. The molecule has 0 aliphatic heterocycles. The molecule has 0 atom stereocenters. The Morgan fingerprint density at radius 2 is 1.88 bits per heavy atom. The Morgan fingerprint density at radius 1 is 1.08 bits per heavy atom. The molecule has 5 heteroatoms. The molecule has 0 aromatic heterocycles.